The lowest BCUT2D eigenvalue weighted by atomic mass is 10.1. The van der Waals surface area contributed by atoms with Gasteiger partial charge >= 0.3 is 5.97 Å². The van der Waals surface area contributed by atoms with Gasteiger partial charge in [0.25, 0.3) is 5.56 Å². The van der Waals surface area contributed by atoms with E-state index in [-0.39, 0.29) is 23.6 Å². The van der Waals surface area contributed by atoms with Crippen molar-refractivity contribution in [1.29, 1.82) is 0 Å². The Kier molecular flexibility index (Phi) is 7.28. The molecule has 1 N–H and O–H groups in total. The number of carboxylic acids is 1. The Hall–Kier alpha value is -5.22. The summed E-state index contributed by atoms with van der Waals surface area (Å²) in [6.07, 6.45) is 1.53. The van der Waals surface area contributed by atoms with Gasteiger partial charge in [0, 0.05) is 9.86 Å². The van der Waals surface area contributed by atoms with Gasteiger partial charge in [-0.05, 0) is 77.9 Å². The number of aromatic nitrogens is 2. The Balaban J connectivity index is 1.34. The minimum atomic E-state index is -1.00. The quantitative estimate of drug-likeness (QED) is 0.187. The molecule has 2 heterocycles. The zero-order valence-corrected chi connectivity index (χ0v) is 23.7. The Labute approximate surface area is 247 Å². The molecule has 0 unspecified atom stereocenters. The Morgan fingerprint density at radius 2 is 1.88 bits per heavy atom. The second-order valence-electron chi connectivity index (χ2n) is 9.31. The molecule has 0 saturated carbocycles. The number of fused-ring (bicyclic) bond motifs is 2. The van der Waals surface area contributed by atoms with Gasteiger partial charge in [0.1, 0.15) is 12.2 Å². The third kappa shape index (κ3) is 5.39. The van der Waals surface area contributed by atoms with E-state index in [1.54, 1.807) is 54.6 Å². The van der Waals surface area contributed by atoms with Gasteiger partial charge in [0.15, 0.2) is 17.3 Å². The van der Waals surface area contributed by atoms with Gasteiger partial charge in [0.05, 0.1) is 29.8 Å². The molecular weight excluding hydrogens is 602 g/mol. The molecule has 0 atom stereocenters. The zero-order valence-electron chi connectivity index (χ0n) is 22.2. The van der Waals surface area contributed by atoms with E-state index in [2.05, 4.69) is 21.0 Å². The molecular formula is C32H22BrN3O6. The van der Waals surface area contributed by atoms with Crippen molar-refractivity contribution in [3.05, 3.63) is 123 Å². The average molecular weight is 624 g/mol. The number of ether oxygens (including phenoxy) is 2. The van der Waals surface area contributed by atoms with E-state index in [9.17, 15) is 14.7 Å². The number of rotatable bonds is 8. The van der Waals surface area contributed by atoms with Crippen molar-refractivity contribution in [3.8, 4) is 23.1 Å². The molecule has 0 aliphatic carbocycles. The minimum absolute atomic E-state index is 0.153. The molecule has 6 aromatic rings. The van der Waals surface area contributed by atoms with Crippen LogP contribution in [0, 0.1) is 0 Å². The van der Waals surface area contributed by atoms with Gasteiger partial charge in [-0.15, -0.1) is 0 Å². The Bertz CT molecular complexity index is 2060. The largest absolute Gasteiger partial charge is 0.493 e. The number of hydrogen-bond donors (Lipinski definition) is 1. The van der Waals surface area contributed by atoms with Crippen molar-refractivity contribution in [2.45, 2.75) is 6.61 Å². The van der Waals surface area contributed by atoms with E-state index in [4.69, 9.17) is 18.9 Å². The van der Waals surface area contributed by atoms with Crippen LogP contribution in [0.5, 0.6) is 11.5 Å². The first kappa shape index (κ1) is 27.0. The molecule has 2 aromatic heterocycles. The van der Waals surface area contributed by atoms with E-state index in [0.29, 0.717) is 44.9 Å². The van der Waals surface area contributed by atoms with Crippen molar-refractivity contribution in [1.82, 2.24) is 9.66 Å². The number of hydrogen-bond acceptors (Lipinski definition) is 7. The Morgan fingerprint density at radius 3 is 2.71 bits per heavy atom. The number of aromatic carboxylic acids is 1. The van der Waals surface area contributed by atoms with Crippen molar-refractivity contribution in [3.63, 3.8) is 0 Å². The Morgan fingerprint density at radius 1 is 1.02 bits per heavy atom. The van der Waals surface area contributed by atoms with Crippen molar-refractivity contribution in [2.75, 3.05) is 7.11 Å². The van der Waals surface area contributed by atoms with Crippen LogP contribution in [-0.4, -0.2) is 34.1 Å². The van der Waals surface area contributed by atoms with Crippen molar-refractivity contribution >= 4 is 50.0 Å². The number of benzene rings is 4. The fourth-order valence-electron chi connectivity index (χ4n) is 4.48. The maximum absolute atomic E-state index is 13.6. The second-order valence-corrected chi connectivity index (χ2v) is 10.2. The molecule has 0 saturated heterocycles. The number of methoxy groups -OCH3 is 1. The van der Waals surface area contributed by atoms with E-state index >= 15 is 0 Å². The lowest BCUT2D eigenvalue weighted by Crippen LogP contribution is -2.20. The zero-order chi connectivity index (χ0) is 29.2. The summed E-state index contributed by atoms with van der Waals surface area (Å²) < 4.78 is 19.6. The minimum Gasteiger partial charge on any atom is -0.493 e. The third-order valence-corrected chi connectivity index (χ3v) is 7.02. The van der Waals surface area contributed by atoms with Crippen LogP contribution in [0.2, 0.25) is 0 Å². The molecule has 0 radical (unpaired) electrons. The topological polar surface area (TPSA) is 116 Å². The molecule has 208 valence electrons. The van der Waals surface area contributed by atoms with Crippen LogP contribution < -0.4 is 15.0 Å². The van der Waals surface area contributed by atoms with Crippen LogP contribution >= 0.6 is 15.9 Å². The normalized spacial score (nSPS) is 11.4. The molecule has 6 rings (SSSR count). The average Bonchev–Trinajstić information content (AvgIpc) is 3.43. The first-order valence-electron chi connectivity index (χ1n) is 12.8. The molecule has 10 heteroatoms. The summed E-state index contributed by atoms with van der Waals surface area (Å²) in [7, 11) is 1.52. The maximum Gasteiger partial charge on any atom is 0.335 e. The van der Waals surface area contributed by atoms with E-state index in [0.717, 1.165) is 9.86 Å². The second kappa shape index (κ2) is 11.3. The smallest absolute Gasteiger partial charge is 0.335 e. The fourth-order valence-corrected chi connectivity index (χ4v) is 4.86. The monoisotopic (exact) mass is 623 g/mol. The molecule has 0 bridgehead atoms. The van der Waals surface area contributed by atoms with Gasteiger partial charge in [0.2, 0.25) is 5.82 Å². The highest BCUT2D eigenvalue weighted by atomic mass is 79.9. The molecule has 0 spiro atoms. The summed E-state index contributed by atoms with van der Waals surface area (Å²) in [5.74, 6) is 0.568. The fraction of sp³-hybridized carbons (Fsp3) is 0.0625. The summed E-state index contributed by atoms with van der Waals surface area (Å²) >= 11 is 3.48. The predicted octanol–water partition coefficient (Wildman–Crippen LogP) is 6.74. The van der Waals surface area contributed by atoms with Gasteiger partial charge in [-0.1, -0.05) is 40.2 Å². The van der Waals surface area contributed by atoms with Crippen LogP contribution in [0.15, 0.2) is 110 Å². The summed E-state index contributed by atoms with van der Waals surface area (Å²) in [4.78, 5) is 29.5. The summed E-state index contributed by atoms with van der Waals surface area (Å²) in [5.41, 5.74) is 2.37. The number of halogens is 1. The van der Waals surface area contributed by atoms with Crippen LogP contribution in [0.1, 0.15) is 21.5 Å². The first-order valence-corrected chi connectivity index (χ1v) is 13.6. The summed E-state index contributed by atoms with van der Waals surface area (Å²) in [6.45, 7) is 0.153. The molecule has 0 aliphatic rings. The third-order valence-electron chi connectivity index (χ3n) is 6.53. The predicted molar refractivity (Wildman–Crippen MR) is 163 cm³/mol. The highest BCUT2D eigenvalue weighted by molar-refractivity contribution is 9.10. The van der Waals surface area contributed by atoms with Gasteiger partial charge in [-0.25, -0.2) is 9.78 Å². The van der Waals surface area contributed by atoms with E-state index < -0.39 is 5.97 Å². The van der Waals surface area contributed by atoms with Gasteiger partial charge in [-0.3, -0.25) is 4.79 Å². The number of carboxylic acid groups (broad SMARTS) is 1. The van der Waals surface area contributed by atoms with Gasteiger partial charge < -0.3 is 19.0 Å². The number of furan rings is 1. The molecule has 0 amide bonds. The maximum atomic E-state index is 13.6. The molecule has 42 heavy (non-hydrogen) atoms. The highest BCUT2D eigenvalue weighted by Crippen LogP contribution is 2.30. The standard InChI is InChI=1S/C32H22BrN3O6/c1-40-28-14-19(9-11-27(28)41-18-20-5-4-6-21(13-20)32(38)39)17-34-36-30(35-25-8-3-2-7-24(25)31(36)37)29-16-22-15-23(33)10-12-26(22)42-29/h2-17H,18H2,1H3,(H,38,39). The molecule has 0 fully saturated rings. The first-order chi connectivity index (χ1) is 20.4. The highest BCUT2D eigenvalue weighted by Gasteiger charge is 2.17. The lowest BCUT2D eigenvalue weighted by Gasteiger charge is -2.12. The number of nitrogens with zero attached hydrogens (tertiary/aromatic N) is 3. The number of para-hydroxylation sites is 1. The molecule has 9 nitrogen and oxygen atoms in total. The van der Waals surface area contributed by atoms with E-state index in [1.165, 1.54) is 24.1 Å². The van der Waals surface area contributed by atoms with Crippen LogP contribution in [0.3, 0.4) is 0 Å². The van der Waals surface area contributed by atoms with Gasteiger partial charge in [-0.2, -0.15) is 9.78 Å². The van der Waals surface area contributed by atoms with E-state index in [1.807, 2.05) is 30.3 Å². The summed E-state index contributed by atoms with van der Waals surface area (Å²) in [6, 6.07) is 26.3. The van der Waals surface area contributed by atoms with Crippen molar-refractivity contribution < 1.29 is 23.8 Å². The van der Waals surface area contributed by atoms with Crippen LogP contribution in [-0.2, 0) is 6.61 Å². The molecule has 4 aromatic carbocycles. The van der Waals surface area contributed by atoms with Crippen molar-refractivity contribution in [2.24, 2.45) is 5.10 Å². The summed E-state index contributed by atoms with van der Waals surface area (Å²) in [5, 5.41) is 15.0. The lowest BCUT2D eigenvalue weighted by molar-refractivity contribution is 0.0696. The number of carbonyl (C=O) groups is 1. The molecule has 0 aliphatic heterocycles. The SMILES string of the molecule is COc1cc(C=Nn2c(-c3cc4cc(Br)ccc4o3)nc3ccccc3c2=O)ccc1OCc1cccc(C(=O)O)c1. The van der Waals surface area contributed by atoms with Crippen LogP contribution in [0.4, 0.5) is 0 Å². The van der Waals surface area contributed by atoms with Crippen LogP contribution in [0.25, 0.3) is 33.5 Å².